The molecule has 1 nitrogen and oxygen atoms in total. The van der Waals surface area contributed by atoms with Crippen LogP contribution in [-0.2, 0) is 13.1 Å². The Bertz CT molecular complexity index is 369. The van der Waals surface area contributed by atoms with Gasteiger partial charge in [-0.1, -0.05) is 30.7 Å². The Balaban J connectivity index is 1.88. The van der Waals surface area contributed by atoms with Crippen molar-refractivity contribution in [3.05, 3.63) is 35.4 Å². The quantitative estimate of drug-likeness (QED) is 0.566. The molecule has 15 heavy (non-hydrogen) atoms. The van der Waals surface area contributed by atoms with Crippen molar-refractivity contribution in [3.63, 3.8) is 0 Å². The van der Waals surface area contributed by atoms with Crippen LogP contribution in [-0.4, -0.2) is 10.3 Å². The van der Waals surface area contributed by atoms with Crippen molar-refractivity contribution >= 4 is 5.71 Å². The molecule has 2 aliphatic rings. The SMILES string of the molecule is c1ccc2c(c1)C[N+](=C1CCCCC1)C2. The monoisotopic (exact) mass is 200 g/mol. The second-order valence-corrected chi connectivity index (χ2v) is 4.75. The molecule has 1 saturated carbocycles. The van der Waals surface area contributed by atoms with Crippen molar-refractivity contribution in [1.29, 1.82) is 0 Å². The van der Waals surface area contributed by atoms with Crippen LogP contribution in [0.25, 0.3) is 0 Å². The molecule has 1 heteroatoms. The average Bonchev–Trinajstić information content (AvgIpc) is 2.74. The van der Waals surface area contributed by atoms with E-state index in [-0.39, 0.29) is 0 Å². The fourth-order valence-corrected chi connectivity index (χ4v) is 2.83. The van der Waals surface area contributed by atoms with Gasteiger partial charge in [-0.25, -0.2) is 4.58 Å². The maximum atomic E-state index is 2.60. The van der Waals surface area contributed by atoms with E-state index in [9.17, 15) is 0 Å². The summed E-state index contributed by atoms with van der Waals surface area (Å²) in [6.45, 7) is 2.32. The summed E-state index contributed by atoms with van der Waals surface area (Å²) in [6, 6.07) is 8.87. The van der Waals surface area contributed by atoms with Gasteiger partial charge in [0, 0.05) is 24.0 Å². The third kappa shape index (κ3) is 1.71. The van der Waals surface area contributed by atoms with Crippen LogP contribution in [0.4, 0.5) is 0 Å². The lowest BCUT2D eigenvalue weighted by Gasteiger charge is -2.10. The van der Waals surface area contributed by atoms with Gasteiger partial charge in [0.05, 0.1) is 0 Å². The highest BCUT2D eigenvalue weighted by Crippen LogP contribution is 2.22. The summed E-state index contributed by atoms with van der Waals surface area (Å²) in [5, 5.41) is 0. The molecule has 1 aliphatic carbocycles. The first-order valence-electron chi connectivity index (χ1n) is 6.10. The third-order valence-electron chi connectivity index (χ3n) is 3.72. The summed E-state index contributed by atoms with van der Waals surface area (Å²) in [4.78, 5) is 0. The minimum absolute atomic E-state index is 1.16. The standard InChI is InChI=1S/C14H18N/c1-2-8-14(9-3-1)15-10-12-6-4-5-7-13(12)11-15/h4-7H,1-3,8-11H2/q+1. The van der Waals surface area contributed by atoms with E-state index in [4.69, 9.17) is 0 Å². The van der Waals surface area contributed by atoms with Crippen LogP contribution in [0.1, 0.15) is 43.2 Å². The highest BCUT2D eigenvalue weighted by Gasteiger charge is 2.25. The molecule has 1 aliphatic heterocycles. The van der Waals surface area contributed by atoms with E-state index in [1.807, 2.05) is 0 Å². The van der Waals surface area contributed by atoms with Crippen molar-refractivity contribution in [3.8, 4) is 0 Å². The van der Waals surface area contributed by atoms with E-state index in [1.165, 1.54) is 43.2 Å². The van der Waals surface area contributed by atoms with Crippen LogP contribution in [0, 0.1) is 0 Å². The van der Waals surface area contributed by atoms with Crippen LogP contribution >= 0.6 is 0 Å². The zero-order valence-electron chi connectivity index (χ0n) is 9.21. The fourth-order valence-electron chi connectivity index (χ4n) is 2.83. The molecular formula is C14H18N+. The molecule has 1 aromatic carbocycles. The van der Waals surface area contributed by atoms with Gasteiger partial charge in [0.2, 0.25) is 0 Å². The van der Waals surface area contributed by atoms with Gasteiger partial charge in [-0.15, -0.1) is 0 Å². The van der Waals surface area contributed by atoms with E-state index >= 15 is 0 Å². The lowest BCUT2D eigenvalue weighted by atomic mass is 9.98. The largest absolute Gasteiger partial charge is 0.228 e. The molecule has 3 rings (SSSR count). The van der Waals surface area contributed by atoms with Crippen LogP contribution in [0.2, 0.25) is 0 Å². The number of hydrogen-bond acceptors (Lipinski definition) is 0. The first-order chi connectivity index (χ1) is 7.43. The first kappa shape index (κ1) is 9.14. The minimum atomic E-state index is 1.16. The third-order valence-corrected chi connectivity index (χ3v) is 3.72. The highest BCUT2D eigenvalue weighted by molar-refractivity contribution is 5.80. The highest BCUT2D eigenvalue weighted by atomic mass is 15.0. The van der Waals surface area contributed by atoms with Crippen LogP contribution < -0.4 is 0 Å². The molecule has 0 radical (unpaired) electrons. The normalized spacial score (nSPS) is 20.5. The molecular weight excluding hydrogens is 182 g/mol. The van der Waals surface area contributed by atoms with E-state index in [1.54, 1.807) is 5.71 Å². The van der Waals surface area contributed by atoms with Crippen LogP contribution in [0.5, 0.6) is 0 Å². The molecule has 1 aromatic rings. The lowest BCUT2D eigenvalue weighted by molar-refractivity contribution is -0.551. The average molecular weight is 200 g/mol. The van der Waals surface area contributed by atoms with Gasteiger partial charge < -0.3 is 0 Å². The predicted octanol–water partition coefficient (Wildman–Crippen LogP) is 3.12. The lowest BCUT2D eigenvalue weighted by Crippen LogP contribution is -2.18. The van der Waals surface area contributed by atoms with E-state index in [0.717, 1.165) is 13.1 Å². The molecule has 78 valence electrons. The van der Waals surface area contributed by atoms with Gasteiger partial charge in [-0.3, -0.25) is 0 Å². The van der Waals surface area contributed by atoms with Crippen LogP contribution in [0.15, 0.2) is 24.3 Å². The Kier molecular flexibility index (Phi) is 2.32. The summed E-state index contributed by atoms with van der Waals surface area (Å²) in [7, 11) is 0. The summed E-state index contributed by atoms with van der Waals surface area (Å²) >= 11 is 0. The summed E-state index contributed by atoms with van der Waals surface area (Å²) < 4.78 is 2.60. The van der Waals surface area contributed by atoms with Gasteiger partial charge in [-0.2, -0.15) is 0 Å². The second kappa shape index (κ2) is 3.80. The van der Waals surface area contributed by atoms with Crippen molar-refractivity contribution in [1.82, 2.24) is 0 Å². The molecule has 0 unspecified atom stereocenters. The van der Waals surface area contributed by atoms with Crippen molar-refractivity contribution < 1.29 is 4.58 Å². The number of nitrogens with zero attached hydrogens (tertiary/aromatic N) is 1. The van der Waals surface area contributed by atoms with Gasteiger partial charge in [0.15, 0.2) is 18.8 Å². The molecule has 0 aromatic heterocycles. The maximum Gasteiger partial charge on any atom is 0.169 e. The van der Waals surface area contributed by atoms with E-state index in [0.29, 0.717) is 0 Å². The number of benzene rings is 1. The van der Waals surface area contributed by atoms with E-state index in [2.05, 4.69) is 28.8 Å². The van der Waals surface area contributed by atoms with Crippen molar-refractivity contribution in [2.75, 3.05) is 0 Å². The molecule has 0 spiro atoms. The summed E-state index contributed by atoms with van der Waals surface area (Å²) in [6.07, 6.45) is 6.93. The Morgan fingerprint density at radius 3 is 2.00 bits per heavy atom. The van der Waals surface area contributed by atoms with Crippen molar-refractivity contribution in [2.24, 2.45) is 0 Å². The smallest absolute Gasteiger partial charge is 0.169 e. The number of hydrogen-bond donors (Lipinski definition) is 0. The molecule has 1 heterocycles. The van der Waals surface area contributed by atoms with Crippen molar-refractivity contribution in [2.45, 2.75) is 45.2 Å². The van der Waals surface area contributed by atoms with Gasteiger partial charge in [0.1, 0.15) is 0 Å². The maximum absolute atomic E-state index is 2.60. The molecule has 0 atom stereocenters. The molecule has 0 N–H and O–H groups in total. The van der Waals surface area contributed by atoms with E-state index < -0.39 is 0 Å². The summed E-state index contributed by atoms with van der Waals surface area (Å²) in [5.41, 5.74) is 4.78. The van der Waals surface area contributed by atoms with Crippen LogP contribution in [0.3, 0.4) is 0 Å². The first-order valence-corrected chi connectivity index (χ1v) is 6.10. The Morgan fingerprint density at radius 2 is 1.40 bits per heavy atom. The zero-order valence-corrected chi connectivity index (χ0v) is 9.21. The molecule has 0 saturated heterocycles. The summed E-state index contributed by atoms with van der Waals surface area (Å²) in [5.74, 6) is 0. The number of fused-ring (bicyclic) bond motifs is 1. The second-order valence-electron chi connectivity index (χ2n) is 4.75. The molecule has 0 bridgehead atoms. The molecule has 1 fully saturated rings. The Morgan fingerprint density at radius 1 is 0.800 bits per heavy atom. The Hall–Kier alpha value is -1.11. The molecule has 0 amide bonds. The minimum Gasteiger partial charge on any atom is -0.228 e. The topological polar surface area (TPSA) is 3.01 Å². The predicted molar refractivity (Wildman–Crippen MR) is 62.2 cm³/mol. The fraction of sp³-hybridized carbons (Fsp3) is 0.500. The van der Waals surface area contributed by atoms with Gasteiger partial charge >= 0.3 is 0 Å². The van der Waals surface area contributed by atoms with Gasteiger partial charge in [-0.05, 0) is 12.8 Å². The zero-order chi connectivity index (χ0) is 10.1. The Labute approximate surface area is 91.4 Å². The van der Waals surface area contributed by atoms with Gasteiger partial charge in [0.25, 0.3) is 0 Å². The number of rotatable bonds is 0.